The summed E-state index contributed by atoms with van der Waals surface area (Å²) in [6.07, 6.45) is 1.57. The van der Waals surface area contributed by atoms with Crippen molar-refractivity contribution < 1.29 is 10.3 Å². The van der Waals surface area contributed by atoms with Crippen molar-refractivity contribution in [2.45, 2.75) is 6.85 Å². The number of rotatable bonds is 1. The molecule has 1 heterocycles. The van der Waals surface area contributed by atoms with Gasteiger partial charge in [-0.25, -0.2) is 0 Å². The van der Waals surface area contributed by atoms with Crippen LogP contribution in [0, 0.1) is 6.85 Å². The smallest absolute Gasteiger partial charge is 0.151 e. The van der Waals surface area contributed by atoms with Crippen LogP contribution in [0.4, 0.5) is 0 Å². The number of pyridine rings is 1. The third-order valence-corrected chi connectivity index (χ3v) is 0.845. The van der Waals surface area contributed by atoms with Gasteiger partial charge in [-0.3, -0.25) is 9.78 Å². The summed E-state index contributed by atoms with van der Waals surface area (Å²) in [5.74, 6) is 0. The molecule has 0 N–H and O–H groups in total. The summed E-state index contributed by atoms with van der Waals surface area (Å²) >= 11 is 0. The number of carbonyl (C=O) groups excluding carboxylic acids is 1. The quantitative estimate of drug-likeness (QED) is 0.528. The van der Waals surface area contributed by atoms with Crippen LogP contribution in [0.15, 0.2) is 18.3 Å². The number of hydrogen-bond donors (Lipinski definition) is 0. The fraction of sp³-hybridized carbons (Fsp3) is 0.143. The third-order valence-electron chi connectivity index (χ3n) is 0.845. The van der Waals surface area contributed by atoms with Gasteiger partial charge < -0.3 is 0 Å². The number of aldehydes is 1. The lowest BCUT2D eigenvalue weighted by atomic mass is 10.3. The third kappa shape index (κ3) is 1.35. The summed E-state index contributed by atoms with van der Waals surface area (Å²) in [4.78, 5) is 13.9. The van der Waals surface area contributed by atoms with Crippen molar-refractivity contribution in [3.8, 4) is 0 Å². The molecule has 0 aliphatic rings. The van der Waals surface area contributed by atoms with Crippen LogP contribution in [-0.4, -0.2) is 11.3 Å². The monoisotopic (exact) mass is 125 g/mol. The zero-order valence-corrected chi connectivity index (χ0v) is 4.59. The zero-order chi connectivity index (χ0) is 10.1. The van der Waals surface area contributed by atoms with Crippen LogP contribution in [-0.2, 0) is 0 Å². The van der Waals surface area contributed by atoms with Crippen LogP contribution in [0.5, 0.6) is 0 Å². The highest BCUT2D eigenvalue weighted by atomic mass is 16.1. The molecule has 0 unspecified atom stereocenters. The lowest BCUT2D eigenvalue weighted by Gasteiger charge is -1.88. The molecule has 0 bridgehead atoms. The standard InChI is InChI=1S/C7H7NO/c1-6-2-3-7(5-9)4-8-6/h2-5H,1H3/i1D3,3D. The van der Waals surface area contributed by atoms with Crippen molar-refractivity contribution in [3.05, 3.63) is 29.6 Å². The average Bonchev–Trinajstić information content (AvgIpc) is 2.02. The first-order valence-electron chi connectivity index (χ1n) is 4.37. The van der Waals surface area contributed by atoms with E-state index >= 15 is 0 Å². The minimum absolute atomic E-state index is 0.0907. The maximum absolute atomic E-state index is 10.3. The Morgan fingerprint density at radius 1 is 2.00 bits per heavy atom. The van der Waals surface area contributed by atoms with Crippen LogP contribution < -0.4 is 0 Å². The highest BCUT2D eigenvalue weighted by Crippen LogP contribution is 1.94. The highest BCUT2D eigenvalue weighted by molar-refractivity contribution is 5.73. The van der Waals surface area contributed by atoms with E-state index in [1.807, 2.05) is 0 Å². The maximum atomic E-state index is 10.3. The van der Waals surface area contributed by atoms with Gasteiger partial charge in [-0.15, -0.1) is 0 Å². The van der Waals surface area contributed by atoms with E-state index in [-0.39, 0.29) is 17.3 Å². The lowest BCUT2D eigenvalue weighted by molar-refractivity contribution is 0.112. The minimum atomic E-state index is -2.32. The molecule has 0 atom stereocenters. The molecular formula is C7H7NO. The van der Waals surface area contributed by atoms with Crippen molar-refractivity contribution in [1.82, 2.24) is 4.98 Å². The van der Waals surface area contributed by atoms with E-state index in [2.05, 4.69) is 4.98 Å². The molecule has 0 aliphatic carbocycles. The molecule has 0 fully saturated rings. The zero-order valence-electron chi connectivity index (χ0n) is 8.59. The van der Waals surface area contributed by atoms with Gasteiger partial charge in [-0.1, -0.05) is 0 Å². The molecule has 2 heteroatoms. The van der Waals surface area contributed by atoms with Crippen LogP contribution in [0.2, 0.25) is 0 Å². The van der Waals surface area contributed by atoms with E-state index in [9.17, 15) is 4.79 Å². The van der Waals surface area contributed by atoms with E-state index in [1.54, 1.807) is 0 Å². The van der Waals surface area contributed by atoms with Crippen LogP contribution in [0.3, 0.4) is 0 Å². The van der Waals surface area contributed by atoms with Crippen LogP contribution in [0.25, 0.3) is 0 Å². The van der Waals surface area contributed by atoms with E-state index in [4.69, 9.17) is 5.48 Å². The molecule has 1 rings (SSSR count). The Labute approximate surface area is 59.2 Å². The molecule has 0 saturated carbocycles. The van der Waals surface area contributed by atoms with Crippen molar-refractivity contribution in [2.24, 2.45) is 0 Å². The molecule has 9 heavy (non-hydrogen) atoms. The number of carbonyl (C=O) groups is 1. The number of hydrogen-bond acceptors (Lipinski definition) is 2. The van der Waals surface area contributed by atoms with Crippen LogP contribution in [0.1, 0.15) is 21.5 Å². The van der Waals surface area contributed by atoms with E-state index in [0.717, 1.165) is 12.3 Å². The first kappa shape index (κ1) is 2.60. The van der Waals surface area contributed by atoms with Gasteiger partial charge in [0.2, 0.25) is 0 Å². The fourth-order valence-corrected chi connectivity index (χ4v) is 0.430. The minimum Gasteiger partial charge on any atom is -0.298 e. The van der Waals surface area contributed by atoms with Crippen molar-refractivity contribution in [3.63, 3.8) is 0 Å². The molecule has 1 aromatic heterocycles. The molecule has 46 valence electrons. The summed E-state index contributed by atoms with van der Waals surface area (Å²) in [6, 6.07) is 0.965. The number of aryl methyl sites for hydroxylation is 1. The van der Waals surface area contributed by atoms with Crippen molar-refractivity contribution in [2.75, 3.05) is 0 Å². The van der Waals surface area contributed by atoms with Gasteiger partial charge in [0.25, 0.3) is 0 Å². The average molecular weight is 125 g/mol. The molecule has 0 amide bonds. The second-order valence-electron chi connectivity index (χ2n) is 1.51. The first-order valence-corrected chi connectivity index (χ1v) is 2.37. The Morgan fingerprint density at radius 2 is 2.89 bits per heavy atom. The summed E-state index contributed by atoms with van der Waals surface area (Å²) in [6.45, 7) is -2.32. The van der Waals surface area contributed by atoms with Gasteiger partial charge >= 0.3 is 0 Å². The summed E-state index contributed by atoms with van der Waals surface area (Å²) in [5.41, 5.74) is -0.0731. The highest BCUT2D eigenvalue weighted by Gasteiger charge is 1.86. The maximum Gasteiger partial charge on any atom is 0.151 e. The largest absolute Gasteiger partial charge is 0.298 e. The van der Waals surface area contributed by atoms with Gasteiger partial charge in [-0.2, -0.15) is 0 Å². The lowest BCUT2D eigenvalue weighted by Crippen LogP contribution is -1.82. The Kier molecular flexibility index (Phi) is 0.693. The predicted octanol–water partition coefficient (Wildman–Crippen LogP) is 1.20. The van der Waals surface area contributed by atoms with Crippen LogP contribution >= 0.6 is 0 Å². The predicted molar refractivity (Wildman–Crippen MR) is 34.4 cm³/mol. The Hall–Kier alpha value is -1.18. The normalized spacial score (nSPS) is 16.9. The molecule has 1 aromatic rings. The second kappa shape index (κ2) is 2.40. The molecule has 0 aromatic carbocycles. The topological polar surface area (TPSA) is 30.0 Å². The number of nitrogens with zero attached hydrogens (tertiary/aromatic N) is 1. The van der Waals surface area contributed by atoms with Gasteiger partial charge in [0.15, 0.2) is 6.29 Å². The molecule has 0 aliphatic heterocycles. The summed E-state index contributed by atoms with van der Waals surface area (Å²) in [7, 11) is 0. The second-order valence-corrected chi connectivity index (χ2v) is 1.51. The Bertz CT molecular complexity index is 334. The van der Waals surface area contributed by atoms with E-state index < -0.39 is 6.85 Å². The first-order chi connectivity index (χ1) is 5.95. The van der Waals surface area contributed by atoms with Gasteiger partial charge in [0.1, 0.15) is 0 Å². The van der Waals surface area contributed by atoms with E-state index in [0.29, 0.717) is 6.29 Å². The molecular weight excluding hydrogens is 114 g/mol. The molecule has 0 saturated heterocycles. The van der Waals surface area contributed by atoms with Crippen molar-refractivity contribution >= 4 is 6.29 Å². The Balaban J connectivity index is 3.17. The van der Waals surface area contributed by atoms with Gasteiger partial charge in [-0.05, 0) is 19.0 Å². The summed E-state index contributed by atoms with van der Waals surface area (Å²) < 4.78 is 28.3. The van der Waals surface area contributed by atoms with Crippen molar-refractivity contribution in [1.29, 1.82) is 0 Å². The Morgan fingerprint density at radius 3 is 3.44 bits per heavy atom. The molecule has 0 radical (unpaired) electrons. The SMILES string of the molecule is [2H]c1cc(C([2H])([2H])[2H])ncc1C=O. The number of aromatic nitrogens is 1. The summed E-state index contributed by atoms with van der Waals surface area (Å²) in [5, 5.41) is 0. The molecule has 0 spiro atoms. The van der Waals surface area contributed by atoms with Gasteiger partial charge in [0, 0.05) is 21.6 Å². The van der Waals surface area contributed by atoms with Gasteiger partial charge in [0.05, 0.1) is 1.37 Å². The van der Waals surface area contributed by atoms with E-state index in [1.165, 1.54) is 0 Å². The molecule has 2 nitrogen and oxygen atoms in total. The fourth-order valence-electron chi connectivity index (χ4n) is 0.430.